The summed E-state index contributed by atoms with van der Waals surface area (Å²) in [6.45, 7) is 6.94. The Kier molecular flexibility index (Phi) is 7.88. The van der Waals surface area contributed by atoms with E-state index in [0.29, 0.717) is 12.1 Å². The highest BCUT2D eigenvalue weighted by Gasteiger charge is 2.31. The van der Waals surface area contributed by atoms with Crippen molar-refractivity contribution in [3.05, 3.63) is 18.0 Å². The van der Waals surface area contributed by atoms with Crippen molar-refractivity contribution in [2.75, 3.05) is 24.5 Å². The first kappa shape index (κ1) is 19.1. The van der Waals surface area contributed by atoms with Gasteiger partial charge in [-0.3, -0.25) is 5.84 Å². The number of hydrogen-bond donors (Lipinski definition) is 2. The minimum absolute atomic E-state index is 0.334. The van der Waals surface area contributed by atoms with Crippen molar-refractivity contribution >= 4 is 5.95 Å². The van der Waals surface area contributed by atoms with E-state index in [9.17, 15) is 0 Å². The maximum absolute atomic E-state index is 6.04. The maximum atomic E-state index is 6.04. The summed E-state index contributed by atoms with van der Waals surface area (Å²) in [5.41, 5.74) is 6.68. The van der Waals surface area contributed by atoms with E-state index in [2.05, 4.69) is 23.7 Å². The van der Waals surface area contributed by atoms with E-state index >= 15 is 0 Å². The van der Waals surface area contributed by atoms with Crippen molar-refractivity contribution in [2.45, 2.75) is 70.9 Å². The Hall–Kier alpha value is -1.24. The molecule has 0 aliphatic carbocycles. The number of hydrazine groups is 1. The van der Waals surface area contributed by atoms with Crippen LogP contribution in [0.25, 0.3) is 0 Å². The quantitative estimate of drug-likeness (QED) is 0.531. The van der Waals surface area contributed by atoms with Crippen LogP contribution in [0, 0.1) is 0 Å². The third kappa shape index (κ3) is 5.40. The van der Waals surface area contributed by atoms with Crippen molar-refractivity contribution in [3.8, 4) is 0 Å². The van der Waals surface area contributed by atoms with Gasteiger partial charge in [0.2, 0.25) is 5.95 Å². The van der Waals surface area contributed by atoms with Crippen molar-refractivity contribution in [1.82, 2.24) is 15.0 Å². The van der Waals surface area contributed by atoms with E-state index in [-0.39, 0.29) is 0 Å². The summed E-state index contributed by atoms with van der Waals surface area (Å²) in [5.74, 6) is 6.90. The predicted octanol–water partition coefficient (Wildman–Crippen LogP) is 2.09. The monoisotopic (exact) mass is 334 g/mol. The lowest BCUT2D eigenvalue weighted by Crippen LogP contribution is -2.60. The molecule has 0 saturated carbocycles. The normalized spacial score (nSPS) is 22.1. The number of nitrogens with two attached hydrogens (primary N) is 2. The Morgan fingerprint density at radius 1 is 1.17 bits per heavy atom. The fourth-order valence-corrected chi connectivity index (χ4v) is 3.54. The van der Waals surface area contributed by atoms with Crippen molar-refractivity contribution < 1.29 is 0 Å². The van der Waals surface area contributed by atoms with Crippen LogP contribution in [0.4, 0.5) is 5.95 Å². The second kappa shape index (κ2) is 9.91. The van der Waals surface area contributed by atoms with Crippen molar-refractivity contribution in [1.29, 1.82) is 0 Å². The second-order valence-electron chi connectivity index (χ2n) is 6.93. The van der Waals surface area contributed by atoms with Gasteiger partial charge < -0.3 is 10.6 Å². The van der Waals surface area contributed by atoms with E-state index in [1.807, 2.05) is 17.3 Å². The van der Waals surface area contributed by atoms with Crippen molar-refractivity contribution in [2.24, 2.45) is 11.6 Å². The lowest BCUT2D eigenvalue weighted by Gasteiger charge is -2.44. The number of unbranched alkanes of at least 4 members (excludes halogenated alkanes) is 4. The molecular weight excluding hydrogens is 300 g/mol. The summed E-state index contributed by atoms with van der Waals surface area (Å²) in [7, 11) is 0. The highest BCUT2D eigenvalue weighted by molar-refractivity contribution is 5.35. The lowest BCUT2D eigenvalue weighted by molar-refractivity contribution is 0.193. The average molecular weight is 335 g/mol. The van der Waals surface area contributed by atoms with E-state index in [1.54, 1.807) is 0 Å². The fourth-order valence-electron chi connectivity index (χ4n) is 3.54. The first-order chi connectivity index (χ1) is 11.7. The van der Waals surface area contributed by atoms with Gasteiger partial charge in [-0.05, 0) is 45.2 Å². The highest BCUT2D eigenvalue weighted by atomic mass is 15.5. The molecular formula is C18H34N6. The number of rotatable bonds is 9. The molecule has 1 saturated heterocycles. The van der Waals surface area contributed by atoms with Gasteiger partial charge in [-0.15, -0.1) is 0 Å². The van der Waals surface area contributed by atoms with Crippen LogP contribution in [-0.4, -0.2) is 46.7 Å². The Balaban J connectivity index is 1.93. The molecule has 1 aliphatic rings. The number of anilines is 1. The summed E-state index contributed by atoms with van der Waals surface area (Å²) in [6, 6.07) is 2.76. The Morgan fingerprint density at radius 2 is 1.92 bits per heavy atom. The molecule has 6 nitrogen and oxygen atoms in total. The van der Waals surface area contributed by atoms with E-state index in [4.69, 9.17) is 16.6 Å². The minimum Gasteiger partial charge on any atom is -0.332 e. The first-order valence-electron chi connectivity index (χ1n) is 9.45. The summed E-state index contributed by atoms with van der Waals surface area (Å²) in [4.78, 5) is 11.7. The van der Waals surface area contributed by atoms with Crippen LogP contribution in [0.3, 0.4) is 0 Å². The molecule has 0 radical (unpaired) electrons. The zero-order valence-electron chi connectivity index (χ0n) is 15.3. The fraction of sp³-hybridized carbons (Fsp3) is 0.778. The average Bonchev–Trinajstić information content (AvgIpc) is 2.57. The number of nitrogens with zero attached hydrogens (tertiary/aromatic N) is 4. The van der Waals surface area contributed by atoms with Crippen LogP contribution in [0.2, 0.25) is 0 Å². The van der Waals surface area contributed by atoms with Crippen LogP contribution in [0.1, 0.15) is 58.1 Å². The molecule has 136 valence electrons. The molecule has 0 bridgehead atoms. The molecule has 1 aromatic heterocycles. The molecule has 4 N–H and O–H groups in total. The van der Waals surface area contributed by atoms with Gasteiger partial charge in [0.25, 0.3) is 0 Å². The summed E-state index contributed by atoms with van der Waals surface area (Å²) in [6.07, 6.45) is 10.1. The largest absolute Gasteiger partial charge is 0.332 e. The zero-order chi connectivity index (χ0) is 17.4. The third-order valence-corrected chi connectivity index (χ3v) is 4.85. The molecule has 2 heterocycles. The van der Waals surface area contributed by atoms with Crippen LogP contribution in [0.5, 0.6) is 0 Å². The Morgan fingerprint density at radius 3 is 2.67 bits per heavy atom. The first-order valence-corrected chi connectivity index (χ1v) is 9.45. The highest BCUT2D eigenvalue weighted by Crippen LogP contribution is 2.22. The number of piperazine rings is 1. The standard InChI is InChI=1S/C18H34N6/c1-3-17-14-23(20)13-15(2)24(17)18-21-12-10-16(22-18)9-7-5-4-6-8-11-19/h10,12,15,17H,3-9,11,13-14,19-20H2,1-2H3. The topological polar surface area (TPSA) is 84.3 Å². The predicted molar refractivity (Wildman–Crippen MR) is 99.7 cm³/mol. The molecule has 2 unspecified atom stereocenters. The molecule has 1 fully saturated rings. The zero-order valence-corrected chi connectivity index (χ0v) is 15.3. The lowest BCUT2D eigenvalue weighted by atomic mass is 10.1. The van der Waals surface area contributed by atoms with Gasteiger partial charge in [0.05, 0.1) is 0 Å². The number of aryl methyl sites for hydroxylation is 1. The van der Waals surface area contributed by atoms with Gasteiger partial charge in [0.1, 0.15) is 0 Å². The third-order valence-electron chi connectivity index (χ3n) is 4.85. The molecule has 1 aromatic rings. The molecule has 2 rings (SSSR count). The minimum atomic E-state index is 0.334. The van der Waals surface area contributed by atoms with E-state index in [1.165, 1.54) is 25.7 Å². The summed E-state index contributed by atoms with van der Waals surface area (Å²) >= 11 is 0. The van der Waals surface area contributed by atoms with Gasteiger partial charge in [-0.1, -0.05) is 26.2 Å². The molecule has 24 heavy (non-hydrogen) atoms. The molecule has 0 amide bonds. The smallest absolute Gasteiger partial charge is 0.226 e. The molecule has 0 aromatic carbocycles. The Bertz CT molecular complexity index is 480. The summed E-state index contributed by atoms with van der Waals surface area (Å²) in [5, 5.41) is 1.92. The van der Waals surface area contributed by atoms with Crippen LogP contribution in [0.15, 0.2) is 12.3 Å². The Labute approximate surface area is 146 Å². The molecule has 1 aliphatic heterocycles. The van der Waals surface area contributed by atoms with E-state index in [0.717, 1.165) is 50.5 Å². The van der Waals surface area contributed by atoms with E-state index < -0.39 is 0 Å². The molecule has 6 heteroatoms. The molecule has 2 atom stereocenters. The van der Waals surface area contributed by atoms with Gasteiger partial charge >= 0.3 is 0 Å². The SMILES string of the molecule is CCC1CN(N)CC(C)N1c1nccc(CCCCCCCN)n1. The van der Waals surface area contributed by atoms with Gasteiger partial charge in [0, 0.05) is 37.1 Å². The number of aromatic nitrogens is 2. The molecule has 0 spiro atoms. The number of hydrogen-bond acceptors (Lipinski definition) is 6. The van der Waals surface area contributed by atoms with Gasteiger partial charge in [-0.25, -0.2) is 15.0 Å². The van der Waals surface area contributed by atoms with Crippen LogP contribution >= 0.6 is 0 Å². The van der Waals surface area contributed by atoms with Crippen LogP contribution in [-0.2, 0) is 6.42 Å². The van der Waals surface area contributed by atoms with Crippen molar-refractivity contribution in [3.63, 3.8) is 0 Å². The van der Waals surface area contributed by atoms with Crippen LogP contribution < -0.4 is 16.5 Å². The summed E-state index contributed by atoms with van der Waals surface area (Å²) < 4.78 is 0. The van der Waals surface area contributed by atoms with Gasteiger partial charge in [0.15, 0.2) is 0 Å². The second-order valence-corrected chi connectivity index (χ2v) is 6.93. The van der Waals surface area contributed by atoms with Gasteiger partial charge in [-0.2, -0.15) is 0 Å². The maximum Gasteiger partial charge on any atom is 0.226 e.